The van der Waals surface area contributed by atoms with Crippen molar-refractivity contribution in [2.45, 2.75) is 37.9 Å². The van der Waals surface area contributed by atoms with Gasteiger partial charge < -0.3 is 15.1 Å². The van der Waals surface area contributed by atoms with Crippen molar-refractivity contribution in [1.82, 2.24) is 10.3 Å². The molecular formula is C15H14F3N3O3. The average Bonchev–Trinajstić information content (AvgIpc) is 2.90. The summed E-state index contributed by atoms with van der Waals surface area (Å²) in [5, 5.41) is 5.31. The van der Waals surface area contributed by atoms with Gasteiger partial charge in [-0.1, -0.05) is 0 Å². The summed E-state index contributed by atoms with van der Waals surface area (Å²) in [7, 11) is 0. The van der Waals surface area contributed by atoms with Crippen LogP contribution in [0.2, 0.25) is 0 Å². The molecule has 1 saturated heterocycles. The molecule has 2 aromatic rings. The molecule has 1 atom stereocenters. The maximum absolute atomic E-state index is 12.6. The van der Waals surface area contributed by atoms with Crippen molar-refractivity contribution in [2.75, 3.05) is 5.32 Å². The Morgan fingerprint density at radius 1 is 1.42 bits per heavy atom. The van der Waals surface area contributed by atoms with Gasteiger partial charge in [-0.05, 0) is 25.0 Å². The number of anilines is 1. The zero-order valence-electron chi connectivity index (χ0n) is 12.4. The summed E-state index contributed by atoms with van der Waals surface area (Å²) in [5.74, 6) is -1.75. The van der Waals surface area contributed by atoms with Gasteiger partial charge in [-0.25, -0.2) is 4.98 Å². The van der Waals surface area contributed by atoms with Crippen LogP contribution in [0.3, 0.4) is 0 Å². The van der Waals surface area contributed by atoms with Crippen LogP contribution in [0.1, 0.15) is 31.6 Å². The van der Waals surface area contributed by atoms with Gasteiger partial charge in [0.2, 0.25) is 11.8 Å². The molecule has 0 radical (unpaired) electrons. The molecule has 9 heteroatoms. The minimum Gasteiger partial charge on any atom is -0.433 e. The van der Waals surface area contributed by atoms with E-state index < -0.39 is 12.1 Å². The maximum Gasteiger partial charge on any atom is 0.468 e. The van der Waals surface area contributed by atoms with Crippen LogP contribution < -0.4 is 10.6 Å². The number of hydrogen-bond donors (Lipinski definition) is 2. The van der Waals surface area contributed by atoms with Crippen LogP contribution in [-0.4, -0.2) is 22.8 Å². The molecule has 3 rings (SSSR count). The third-order valence-electron chi connectivity index (χ3n) is 3.67. The third-order valence-corrected chi connectivity index (χ3v) is 3.67. The molecule has 1 aliphatic rings. The third kappa shape index (κ3) is 3.66. The quantitative estimate of drug-likeness (QED) is 0.899. The van der Waals surface area contributed by atoms with Gasteiger partial charge in [0, 0.05) is 30.6 Å². The lowest BCUT2D eigenvalue weighted by Crippen LogP contribution is -2.40. The predicted octanol–water partition coefficient (Wildman–Crippen LogP) is 2.84. The number of piperidine rings is 1. The Balaban J connectivity index is 1.68. The highest BCUT2D eigenvalue weighted by molar-refractivity contribution is 5.93. The van der Waals surface area contributed by atoms with Gasteiger partial charge in [0.25, 0.3) is 0 Å². The number of aromatic nitrogens is 1. The van der Waals surface area contributed by atoms with Crippen LogP contribution in [0.15, 0.2) is 22.6 Å². The van der Waals surface area contributed by atoms with Gasteiger partial charge in [-0.3, -0.25) is 9.59 Å². The molecule has 24 heavy (non-hydrogen) atoms. The first kappa shape index (κ1) is 16.3. The lowest BCUT2D eigenvalue weighted by molar-refractivity contribution is -0.156. The number of amides is 2. The Morgan fingerprint density at radius 3 is 2.92 bits per heavy atom. The van der Waals surface area contributed by atoms with E-state index in [2.05, 4.69) is 20.0 Å². The number of nitrogens with one attached hydrogen (secondary N) is 2. The SMILES string of the molecule is O=C(CC1CCCC(=O)N1)Nc1ccc2nc(C(F)(F)F)oc2c1. The van der Waals surface area contributed by atoms with Gasteiger partial charge in [-0.2, -0.15) is 13.2 Å². The van der Waals surface area contributed by atoms with Crippen LogP contribution >= 0.6 is 0 Å². The van der Waals surface area contributed by atoms with Gasteiger partial charge in [-0.15, -0.1) is 0 Å². The summed E-state index contributed by atoms with van der Waals surface area (Å²) in [4.78, 5) is 26.6. The van der Waals surface area contributed by atoms with Crippen LogP contribution in [0, 0.1) is 0 Å². The fourth-order valence-corrected chi connectivity index (χ4v) is 2.59. The highest BCUT2D eigenvalue weighted by Gasteiger charge is 2.37. The Kier molecular flexibility index (Phi) is 4.16. The molecule has 1 unspecified atom stereocenters. The molecule has 6 nitrogen and oxygen atoms in total. The van der Waals surface area contributed by atoms with E-state index in [9.17, 15) is 22.8 Å². The zero-order valence-corrected chi connectivity index (χ0v) is 12.4. The van der Waals surface area contributed by atoms with E-state index >= 15 is 0 Å². The van der Waals surface area contributed by atoms with Crippen molar-refractivity contribution in [3.05, 3.63) is 24.1 Å². The standard InChI is InChI=1S/C15H14F3N3O3/c16-15(17,18)14-21-10-5-4-9(6-11(10)24-14)20-13(23)7-8-2-1-3-12(22)19-8/h4-6,8H,1-3,7H2,(H,19,22)(H,20,23). The predicted molar refractivity (Wildman–Crippen MR) is 78.0 cm³/mol. The topological polar surface area (TPSA) is 84.2 Å². The second-order valence-electron chi connectivity index (χ2n) is 5.61. The minimum atomic E-state index is -4.67. The fourth-order valence-electron chi connectivity index (χ4n) is 2.59. The molecule has 1 fully saturated rings. The summed E-state index contributed by atoms with van der Waals surface area (Å²) in [6, 6.07) is 3.85. The molecule has 0 spiro atoms. The Hall–Kier alpha value is -2.58. The second kappa shape index (κ2) is 6.14. The summed E-state index contributed by atoms with van der Waals surface area (Å²) in [6.07, 6.45) is -2.65. The molecule has 0 bridgehead atoms. The summed E-state index contributed by atoms with van der Waals surface area (Å²) in [5.41, 5.74) is 0.297. The number of rotatable bonds is 3. The smallest absolute Gasteiger partial charge is 0.433 e. The van der Waals surface area contributed by atoms with E-state index in [0.717, 1.165) is 12.8 Å². The van der Waals surface area contributed by atoms with E-state index in [1.54, 1.807) is 0 Å². The molecule has 128 valence electrons. The van der Waals surface area contributed by atoms with E-state index in [-0.39, 0.29) is 35.4 Å². The molecule has 2 amide bonds. The van der Waals surface area contributed by atoms with Gasteiger partial charge in [0.1, 0.15) is 5.52 Å². The zero-order chi connectivity index (χ0) is 17.3. The van der Waals surface area contributed by atoms with Crippen molar-refractivity contribution < 1.29 is 27.2 Å². The minimum absolute atomic E-state index is 0.0554. The largest absolute Gasteiger partial charge is 0.468 e. The molecule has 0 saturated carbocycles. The number of hydrogen-bond acceptors (Lipinski definition) is 4. The number of carbonyl (C=O) groups excluding carboxylic acids is 2. The monoisotopic (exact) mass is 341 g/mol. The van der Waals surface area contributed by atoms with Crippen LogP contribution in [0.25, 0.3) is 11.1 Å². The first-order chi connectivity index (χ1) is 11.3. The maximum atomic E-state index is 12.6. The summed E-state index contributed by atoms with van der Waals surface area (Å²) >= 11 is 0. The number of benzene rings is 1. The Morgan fingerprint density at radius 2 is 2.21 bits per heavy atom. The fraction of sp³-hybridized carbons (Fsp3) is 0.400. The molecule has 2 heterocycles. The molecule has 1 aliphatic heterocycles. The highest BCUT2D eigenvalue weighted by atomic mass is 19.4. The van der Waals surface area contributed by atoms with Gasteiger partial charge in [0.05, 0.1) is 0 Å². The molecule has 1 aromatic carbocycles. The van der Waals surface area contributed by atoms with Crippen LogP contribution in [0.4, 0.5) is 18.9 Å². The van der Waals surface area contributed by atoms with Crippen LogP contribution in [-0.2, 0) is 15.8 Å². The van der Waals surface area contributed by atoms with Crippen molar-refractivity contribution in [1.29, 1.82) is 0 Å². The van der Waals surface area contributed by atoms with Crippen LogP contribution in [0.5, 0.6) is 0 Å². The average molecular weight is 341 g/mol. The number of fused-ring (bicyclic) bond motifs is 1. The highest BCUT2D eigenvalue weighted by Crippen LogP contribution is 2.31. The molecule has 2 N–H and O–H groups in total. The van der Waals surface area contributed by atoms with Crippen molar-refractivity contribution in [3.8, 4) is 0 Å². The van der Waals surface area contributed by atoms with Gasteiger partial charge in [0.15, 0.2) is 5.58 Å². The number of oxazole rings is 1. The summed E-state index contributed by atoms with van der Waals surface area (Å²) in [6.45, 7) is 0. The number of alkyl halides is 3. The van der Waals surface area contributed by atoms with E-state index in [4.69, 9.17) is 0 Å². The van der Waals surface area contributed by atoms with Crippen molar-refractivity contribution in [3.63, 3.8) is 0 Å². The summed E-state index contributed by atoms with van der Waals surface area (Å²) < 4.78 is 42.4. The molecular weight excluding hydrogens is 327 g/mol. The lowest BCUT2D eigenvalue weighted by atomic mass is 10.0. The Labute approximate surface area is 134 Å². The molecule has 1 aromatic heterocycles. The number of nitrogens with zero attached hydrogens (tertiary/aromatic N) is 1. The first-order valence-corrected chi connectivity index (χ1v) is 7.38. The van der Waals surface area contributed by atoms with Crippen molar-refractivity contribution >= 4 is 28.6 Å². The van der Waals surface area contributed by atoms with Gasteiger partial charge >= 0.3 is 12.1 Å². The molecule has 0 aliphatic carbocycles. The number of carbonyl (C=O) groups is 2. The lowest BCUT2D eigenvalue weighted by Gasteiger charge is -2.22. The first-order valence-electron chi connectivity index (χ1n) is 7.38. The second-order valence-corrected chi connectivity index (χ2v) is 5.61. The van der Waals surface area contributed by atoms with E-state index in [1.165, 1.54) is 18.2 Å². The van der Waals surface area contributed by atoms with Crippen molar-refractivity contribution in [2.24, 2.45) is 0 Å². The normalized spacial score (nSPS) is 18.5. The Bertz CT molecular complexity index is 785. The van der Waals surface area contributed by atoms with E-state index in [1.807, 2.05) is 0 Å². The van der Waals surface area contributed by atoms with E-state index in [0.29, 0.717) is 12.1 Å². The number of halogens is 3.